The number of fused-ring (bicyclic) bond motifs is 1. The molecule has 0 aliphatic rings. The second kappa shape index (κ2) is 7.57. The summed E-state index contributed by atoms with van der Waals surface area (Å²) in [5.41, 5.74) is 2.83. The van der Waals surface area contributed by atoms with Crippen LogP contribution in [0.1, 0.15) is 11.1 Å². The number of nitrogens with one attached hydrogen (secondary N) is 2. The number of likely N-dealkylation sites (N-methyl/N-ethyl adjacent to an activating group) is 1. The van der Waals surface area contributed by atoms with Crippen LogP contribution in [0.4, 0.5) is 5.69 Å². The number of rotatable bonds is 5. The first-order chi connectivity index (χ1) is 13.2. The van der Waals surface area contributed by atoms with Gasteiger partial charge in [-0.3, -0.25) is 9.59 Å². The van der Waals surface area contributed by atoms with Crippen LogP contribution in [0.3, 0.4) is 0 Å². The minimum absolute atomic E-state index is 0.0501. The third kappa shape index (κ3) is 4.13. The fourth-order valence-electron chi connectivity index (χ4n) is 2.82. The van der Waals surface area contributed by atoms with Crippen molar-refractivity contribution >= 4 is 32.5 Å². The molecule has 0 fully saturated rings. The average Bonchev–Trinajstić information content (AvgIpc) is 2.64. The Kier molecular flexibility index (Phi) is 5.35. The van der Waals surface area contributed by atoms with Crippen LogP contribution in [-0.4, -0.2) is 37.2 Å². The maximum atomic E-state index is 12.8. The van der Waals surface area contributed by atoms with Crippen LogP contribution in [0, 0.1) is 13.8 Å². The molecule has 2 aromatic carbocycles. The lowest BCUT2D eigenvalue weighted by atomic mass is 10.1. The number of amides is 1. The molecule has 0 aliphatic heterocycles. The van der Waals surface area contributed by atoms with Crippen molar-refractivity contribution in [2.24, 2.45) is 0 Å². The smallest absolute Gasteiger partial charge is 0.248 e. The van der Waals surface area contributed by atoms with Crippen LogP contribution in [0.2, 0.25) is 0 Å². The van der Waals surface area contributed by atoms with Crippen molar-refractivity contribution in [2.45, 2.75) is 18.7 Å². The second-order valence-electron chi connectivity index (χ2n) is 6.70. The molecule has 0 atom stereocenters. The van der Waals surface area contributed by atoms with E-state index in [9.17, 15) is 18.0 Å². The summed E-state index contributed by atoms with van der Waals surface area (Å²) in [7, 11) is -2.51. The Labute approximate surface area is 163 Å². The van der Waals surface area contributed by atoms with Crippen LogP contribution >= 0.6 is 0 Å². The highest BCUT2D eigenvalue weighted by molar-refractivity contribution is 7.89. The van der Waals surface area contributed by atoms with Gasteiger partial charge in [-0.2, -0.15) is 4.31 Å². The zero-order chi connectivity index (χ0) is 20.5. The molecule has 0 bridgehead atoms. The summed E-state index contributed by atoms with van der Waals surface area (Å²) in [6, 6.07) is 13.0. The lowest BCUT2D eigenvalue weighted by molar-refractivity contribution is -0.116. The Morgan fingerprint density at radius 2 is 1.82 bits per heavy atom. The Morgan fingerprint density at radius 1 is 1.07 bits per heavy atom. The van der Waals surface area contributed by atoms with Gasteiger partial charge in [-0.1, -0.05) is 12.1 Å². The topological polar surface area (TPSA) is 99.3 Å². The van der Waals surface area contributed by atoms with Gasteiger partial charge in [0.05, 0.1) is 11.4 Å². The van der Waals surface area contributed by atoms with Crippen LogP contribution in [-0.2, 0) is 14.8 Å². The fourth-order valence-corrected chi connectivity index (χ4v) is 3.98. The molecule has 28 heavy (non-hydrogen) atoms. The van der Waals surface area contributed by atoms with Crippen LogP contribution in [0.25, 0.3) is 10.9 Å². The van der Waals surface area contributed by atoms with Gasteiger partial charge in [0.15, 0.2) is 0 Å². The first kappa shape index (κ1) is 19.8. The molecule has 146 valence electrons. The summed E-state index contributed by atoms with van der Waals surface area (Å²) in [6.45, 7) is 3.47. The predicted molar refractivity (Wildman–Crippen MR) is 109 cm³/mol. The highest BCUT2D eigenvalue weighted by atomic mass is 32.2. The summed E-state index contributed by atoms with van der Waals surface area (Å²) < 4.78 is 26.7. The standard InChI is InChI=1S/C20H21N3O4S/c1-13-4-5-14(2)18(10-13)22-20(25)12-23(3)28(26,27)16-7-8-17-15(11-16)6-9-19(24)21-17/h4-11H,12H2,1-3H3,(H,21,24)(H,22,25). The number of carbonyl (C=O) groups is 1. The first-order valence-corrected chi connectivity index (χ1v) is 10.1. The Hall–Kier alpha value is -2.97. The largest absolute Gasteiger partial charge is 0.325 e. The minimum atomic E-state index is -3.87. The zero-order valence-electron chi connectivity index (χ0n) is 15.8. The number of aromatic amines is 1. The van der Waals surface area contributed by atoms with Crippen molar-refractivity contribution in [1.29, 1.82) is 0 Å². The summed E-state index contributed by atoms with van der Waals surface area (Å²) in [5, 5.41) is 3.35. The molecular weight excluding hydrogens is 378 g/mol. The van der Waals surface area contributed by atoms with E-state index in [1.165, 1.54) is 31.3 Å². The van der Waals surface area contributed by atoms with E-state index in [-0.39, 0.29) is 17.0 Å². The number of H-pyrrole nitrogens is 1. The van der Waals surface area contributed by atoms with Crippen LogP contribution < -0.4 is 10.9 Å². The summed E-state index contributed by atoms with van der Waals surface area (Å²) in [5.74, 6) is -0.426. The lowest BCUT2D eigenvalue weighted by Gasteiger charge is -2.18. The molecule has 3 aromatic rings. The van der Waals surface area contributed by atoms with Crippen molar-refractivity contribution in [1.82, 2.24) is 9.29 Å². The van der Waals surface area contributed by atoms with Crippen molar-refractivity contribution < 1.29 is 13.2 Å². The van der Waals surface area contributed by atoms with Gasteiger partial charge in [0.2, 0.25) is 21.5 Å². The molecule has 1 amide bonds. The van der Waals surface area contributed by atoms with E-state index >= 15 is 0 Å². The number of pyridine rings is 1. The third-order valence-corrected chi connectivity index (χ3v) is 6.24. The highest BCUT2D eigenvalue weighted by Gasteiger charge is 2.23. The molecule has 0 spiro atoms. The summed E-state index contributed by atoms with van der Waals surface area (Å²) >= 11 is 0. The van der Waals surface area contributed by atoms with Gasteiger partial charge in [-0.05, 0) is 60.7 Å². The van der Waals surface area contributed by atoms with E-state index in [0.717, 1.165) is 15.4 Å². The van der Waals surface area contributed by atoms with Crippen LogP contribution in [0.15, 0.2) is 58.2 Å². The third-order valence-electron chi connectivity index (χ3n) is 4.44. The molecule has 0 saturated heterocycles. The second-order valence-corrected chi connectivity index (χ2v) is 8.74. The fraction of sp³-hybridized carbons (Fsp3) is 0.200. The van der Waals surface area contributed by atoms with E-state index < -0.39 is 15.9 Å². The van der Waals surface area contributed by atoms with E-state index in [2.05, 4.69) is 10.3 Å². The van der Waals surface area contributed by atoms with Gasteiger partial charge in [0.1, 0.15) is 0 Å². The van der Waals surface area contributed by atoms with E-state index in [1.54, 1.807) is 6.07 Å². The number of benzene rings is 2. The van der Waals surface area contributed by atoms with Crippen LogP contribution in [0.5, 0.6) is 0 Å². The Bertz CT molecular complexity index is 1220. The SMILES string of the molecule is Cc1ccc(C)c(NC(=O)CN(C)S(=O)(=O)c2ccc3[nH]c(=O)ccc3c2)c1. The normalized spacial score (nSPS) is 11.7. The van der Waals surface area contributed by atoms with E-state index in [0.29, 0.717) is 16.6 Å². The molecule has 1 heterocycles. The van der Waals surface area contributed by atoms with E-state index in [4.69, 9.17) is 0 Å². The molecule has 0 radical (unpaired) electrons. The lowest BCUT2D eigenvalue weighted by Crippen LogP contribution is -2.35. The molecule has 7 nitrogen and oxygen atoms in total. The van der Waals surface area contributed by atoms with Crippen molar-refractivity contribution in [2.75, 3.05) is 18.9 Å². The molecule has 0 aliphatic carbocycles. The van der Waals surface area contributed by atoms with E-state index in [1.807, 2.05) is 32.0 Å². The number of carbonyl (C=O) groups excluding carboxylic acids is 1. The maximum Gasteiger partial charge on any atom is 0.248 e. The number of hydrogen-bond acceptors (Lipinski definition) is 4. The number of sulfonamides is 1. The molecule has 2 N–H and O–H groups in total. The van der Waals surface area contributed by atoms with Crippen molar-refractivity contribution in [3.63, 3.8) is 0 Å². The average molecular weight is 399 g/mol. The van der Waals surface area contributed by atoms with Crippen molar-refractivity contribution in [3.8, 4) is 0 Å². The monoisotopic (exact) mass is 399 g/mol. The summed E-state index contributed by atoms with van der Waals surface area (Å²) in [4.78, 5) is 26.4. The number of nitrogens with zero attached hydrogens (tertiary/aromatic N) is 1. The van der Waals surface area contributed by atoms with Gasteiger partial charge < -0.3 is 10.3 Å². The molecule has 1 aromatic heterocycles. The maximum absolute atomic E-state index is 12.8. The molecular formula is C20H21N3O4S. The van der Waals surface area contributed by atoms with Gasteiger partial charge in [0, 0.05) is 24.3 Å². The molecule has 8 heteroatoms. The number of aromatic nitrogens is 1. The Morgan fingerprint density at radius 3 is 2.57 bits per heavy atom. The van der Waals surface area contributed by atoms with Crippen molar-refractivity contribution in [3.05, 3.63) is 70.0 Å². The quantitative estimate of drug-likeness (QED) is 0.688. The number of hydrogen-bond donors (Lipinski definition) is 2. The first-order valence-electron chi connectivity index (χ1n) is 8.63. The molecule has 0 unspecified atom stereocenters. The van der Waals surface area contributed by atoms with Gasteiger partial charge >= 0.3 is 0 Å². The minimum Gasteiger partial charge on any atom is -0.325 e. The van der Waals surface area contributed by atoms with Gasteiger partial charge in [-0.25, -0.2) is 8.42 Å². The zero-order valence-corrected chi connectivity index (χ0v) is 16.6. The highest BCUT2D eigenvalue weighted by Crippen LogP contribution is 2.20. The Balaban J connectivity index is 1.79. The number of anilines is 1. The predicted octanol–water partition coefficient (Wildman–Crippen LogP) is 2.40. The van der Waals surface area contributed by atoms with Gasteiger partial charge in [0.25, 0.3) is 0 Å². The summed E-state index contributed by atoms with van der Waals surface area (Å²) in [6.07, 6.45) is 0. The van der Waals surface area contributed by atoms with Gasteiger partial charge in [-0.15, -0.1) is 0 Å². The molecule has 3 rings (SSSR count). The molecule has 0 saturated carbocycles. The number of aryl methyl sites for hydroxylation is 2.